The number of aromatic nitrogens is 1. The van der Waals surface area contributed by atoms with E-state index in [-0.39, 0.29) is 19.0 Å². The Morgan fingerprint density at radius 1 is 0.933 bits per heavy atom. The predicted molar refractivity (Wildman–Crippen MR) is 114 cm³/mol. The first-order valence-corrected chi connectivity index (χ1v) is 9.62. The van der Waals surface area contributed by atoms with Crippen LogP contribution in [0.4, 0.5) is 4.39 Å². The van der Waals surface area contributed by atoms with Crippen LogP contribution < -0.4 is 4.74 Å². The summed E-state index contributed by atoms with van der Waals surface area (Å²) >= 11 is 0. The summed E-state index contributed by atoms with van der Waals surface area (Å²) < 4.78 is 24.3. The number of halogens is 1. The summed E-state index contributed by atoms with van der Waals surface area (Å²) in [7, 11) is 0. The molecule has 3 aromatic carbocycles. The smallest absolute Gasteiger partial charge is 0.339 e. The molecule has 4 rings (SSSR count). The van der Waals surface area contributed by atoms with Crippen molar-refractivity contribution in [1.29, 1.82) is 0 Å². The van der Waals surface area contributed by atoms with Gasteiger partial charge in [0.25, 0.3) is 0 Å². The van der Waals surface area contributed by atoms with E-state index in [2.05, 4.69) is 4.98 Å². The minimum absolute atomic E-state index is 0.120. The van der Waals surface area contributed by atoms with Crippen LogP contribution >= 0.6 is 0 Å². The molecule has 0 aliphatic rings. The molecule has 0 spiro atoms. The van der Waals surface area contributed by atoms with Crippen molar-refractivity contribution in [1.82, 2.24) is 4.98 Å². The Hall–Kier alpha value is -3.73. The van der Waals surface area contributed by atoms with Gasteiger partial charge in [-0.1, -0.05) is 35.9 Å². The van der Waals surface area contributed by atoms with Crippen LogP contribution in [0.2, 0.25) is 0 Å². The number of carbonyl (C=O) groups is 1. The lowest BCUT2D eigenvalue weighted by molar-refractivity contribution is 0.0452. The summed E-state index contributed by atoms with van der Waals surface area (Å²) in [6.07, 6.45) is 0. The standard InChI is InChI=1S/C25H20FNO3/c1-17-6-12-20(13-7-17)29-14-15-30-25(28)22-16-24(18-8-10-19(26)11-9-18)27-23-5-3-2-4-21(22)23/h2-13,16H,14-15H2,1H3. The predicted octanol–water partition coefficient (Wildman–Crippen LogP) is 5.59. The number of esters is 1. The molecule has 0 saturated carbocycles. The molecule has 0 N–H and O–H groups in total. The molecule has 0 aliphatic heterocycles. The molecule has 150 valence electrons. The number of rotatable bonds is 6. The van der Waals surface area contributed by atoms with Crippen molar-refractivity contribution in [3.8, 4) is 17.0 Å². The fraction of sp³-hybridized carbons (Fsp3) is 0.120. The first-order valence-electron chi connectivity index (χ1n) is 9.62. The van der Waals surface area contributed by atoms with Gasteiger partial charge < -0.3 is 9.47 Å². The Bertz CT molecular complexity index is 1170. The van der Waals surface area contributed by atoms with Crippen molar-refractivity contribution in [2.75, 3.05) is 13.2 Å². The number of para-hydroxylation sites is 1. The van der Waals surface area contributed by atoms with E-state index in [1.807, 2.05) is 55.5 Å². The Morgan fingerprint density at radius 3 is 2.43 bits per heavy atom. The van der Waals surface area contributed by atoms with E-state index in [1.54, 1.807) is 18.2 Å². The van der Waals surface area contributed by atoms with Crippen molar-refractivity contribution in [2.45, 2.75) is 6.92 Å². The van der Waals surface area contributed by atoms with E-state index in [4.69, 9.17) is 9.47 Å². The Kier molecular flexibility index (Phi) is 5.70. The molecule has 0 bridgehead atoms. The Labute approximate surface area is 173 Å². The number of aryl methyl sites for hydroxylation is 1. The fourth-order valence-corrected chi connectivity index (χ4v) is 3.12. The molecule has 0 fully saturated rings. The summed E-state index contributed by atoms with van der Waals surface area (Å²) in [5, 5.41) is 0.702. The second kappa shape index (κ2) is 8.74. The molecular weight excluding hydrogens is 381 g/mol. The average molecular weight is 401 g/mol. The molecule has 1 heterocycles. The molecule has 0 atom stereocenters. The summed E-state index contributed by atoms with van der Waals surface area (Å²) in [4.78, 5) is 17.4. The molecule has 1 aromatic heterocycles. The maximum absolute atomic E-state index is 13.3. The van der Waals surface area contributed by atoms with Gasteiger partial charge in [0.15, 0.2) is 0 Å². The maximum Gasteiger partial charge on any atom is 0.339 e. The van der Waals surface area contributed by atoms with Gasteiger partial charge >= 0.3 is 5.97 Å². The zero-order chi connectivity index (χ0) is 20.9. The van der Waals surface area contributed by atoms with E-state index >= 15 is 0 Å². The van der Waals surface area contributed by atoms with Crippen molar-refractivity contribution in [3.63, 3.8) is 0 Å². The van der Waals surface area contributed by atoms with E-state index in [1.165, 1.54) is 12.1 Å². The van der Waals surface area contributed by atoms with Crippen molar-refractivity contribution >= 4 is 16.9 Å². The van der Waals surface area contributed by atoms with Gasteiger partial charge in [0.05, 0.1) is 16.8 Å². The number of hydrogen-bond donors (Lipinski definition) is 0. The highest BCUT2D eigenvalue weighted by atomic mass is 19.1. The maximum atomic E-state index is 13.3. The summed E-state index contributed by atoms with van der Waals surface area (Å²) in [6, 6.07) is 22.7. The van der Waals surface area contributed by atoms with Crippen LogP contribution in [0.5, 0.6) is 5.75 Å². The first-order chi connectivity index (χ1) is 14.6. The second-order valence-corrected chi connectivity index (χ2v) is 6.88. The highest BCUT2D eigenvalue weighted by Crippen LogP contribution is 2.25. The monoisotopic (exact) mass is 401 g/mol. The molecule has 0 saturated heterocycles. The topological polar surface area (TPSA) is 48.4 Å². The highest BCUT2D eigenvalue weighted by Gasteiger charge is 2.15. The van der Waals surface area contributed by atoms with E-state index in [9.17, 15) is 9.18 Å². The average Bonchev–Trinajstić information content (AvgIpc) is 2.77. The van der Waals surface area contributed by atoms with Gasteiger partial charge in [-0.05, 0) is 55.5 Å². The van der Waals surface area contributed by atoms with Crippen molar-refractivity contribution in [3.05, 3.63) is 95.8 Å². The molecule has 30 heavy (non-hydrogen) atoms. The number of fused-ring (bicyclic) bond motifs is 1. The van der Waals surface area contributed by atoms with Crippen LogP contribution in [0.1, 0.15) is 15.9 Å². The van der Waals surface area contributed by atoms with Gasteiger partial charge in [-0.15, -0.1) is 0 Å². The third-order valence-electron chi connectivity index (χ3n) is 4.68. The minimum Gasteiger partial charge on any atom is -0.490 e. The number of carbonyl (C=O) groups excluding carboxylic acids is 1. The number of benzene rings is 3. The number of ether oxygens (including phenoxy) is 2. The number of pyridine rings is 1. The SMILES string of the molecule is Cc1ccc(OCCOC(=O)c2cc(-c3ccc(F)cc3)nc3ccccc23)cc1. The van der Waals surface area contributed by atoms with Crippen LogP contribution in [-0.4, -0.2) is 24.2 Å². The zero-order valence-corrected chi connectivity index (χ0v) is 16.5. The van der Waals surface area contributed by atoms with Crippen LogP contribution in [-0.2, 0) is 4.74 Å². The molecule has 4 nitrogen and oxygen atoms in total. The third kappa shape index (κ3) is 4.46. The van der Waals surface area contributed by atoms with E-state index < -0.39 is 5.97 Å². The van der Waals surface area contributed by atoms with Gasteiger partial charge in [0.1, 0.15) is 24.8 Å². The molecule has 5 heteroatoms. The van der Waals surface area contributed by atoms with Gasteiger partial charge in [-0.2, -0.15) is 0 Å². The number of hydrogen-bond acceptors (Lipinski definition) is 4. The van der Waals surface area contributed by atoms with Gasteiger partial charge in [0.2, 0.25) is 0 Å². The first kappa shape index (κ1) is 19.6. The number of nitrogens with zero attached hydrogens (tertiary/aromatic N) is 1. The zero-order valence-electron chi connectivity index (χ0n) is 16.5. The molecule has 0 radical (unpaired) electrons. The third-order valence-corrected chi connectivity index (χ3v) is 4.68. The van der Waals surface area contributed by atoms with Gasteiger partial charge in [0, 0.05) is 10.9 Å². The summed E-state index contributed by atoms with van der Waals surface area (Å²) in [6.45, 7) is 2.38. The van der Waals surface area contributed by atoms with Crippen LogP contribution in [0.3, 0.4) is 0 Å². The molecule has 0 amide bonds. The van der Waals surface area contributed by atoms with Gasteiger partial charge in [-0.25, -0.2) is 14.2 Å². The van der Waals surface area contributed by atoms with Crippen molar-refractivity contribution < 1.29 is 18.7 Å². The molecular formula is C25H20FNO3. The molecule has 4 aromatic rings. The normalized spacial score (nSPS) is 10.7. The second-order valence-electron chi connectivity index (χ2n) is 6.88. The lowest BCUT2D eigenvalue weighted by Crippen LogP contribution is -2.13. The Balaban J connectivity index is 1.52. The molecule has 0 unspecified atom stereocenters. The van der Waals surface area contributed by atoms with Crippen LogP contribution in [0.25, 0.3) is 22.2 Å². The van der Waals surface area contributed by atoms with Crippen LogP contribution in [0, 0.1) is 12.7 Å². The quantitative estimate of drug-likeness (QED) is 0.312. The lowest BCUT2D eigenvalue weighted by Gasteiger charge is -2.11. The molecule has 0 aliphatic carbocycles. The van der Waals surface area contributed by atoms with E-state index in [0.717, 1.165) is 16.9 Å². The highest BCUT2D eigenvalue weighted by molar-refractivity contribution is 6.04. The summed E-state index contributed by atoms with van der Waals surface area (Å²) in [5.41, 5.74) is 3.53. The van der Waals surface area contributed by atoms with Gasteiger partial charge in [-0.3, -0.25) is 0 Å². The lowest BCUT2D eigenvalue weighted by atomic mass is 10.0. The Morgan fingerprint density at radius 2 is 1.67 bits per heavy atom. The van der Waals surface area contributed by atoms with Crippen LogP contribution in [0.15, 0.2) is 78.9 Å². The van der Waals surface area contributed by atoms with Crippen molar-refractivity contribution in [2.24, 2.45) is 0 Å². The largest absolute Gasteiger partial charge is 0.490 e. The fourth-order valence-electron chi connectivity index (χ4n) is 3.12. The minimum atomic E-state index is -0.454. The van der Waals surface area contributed by atoms with E-state index in [0.29, 0.717) is 22.2 Å². The summed E-state index contributed by atoms with van der Waals surface area (Å²) in [5.74, 6) is -0.0539.